The predicted octanol–water partition coefficient (Wildman–Crippen LogP) is 3.23. The topological polar surface area (TPSA) is 56.7 Å². The Labute approximate surface area is 116 Å². The van der Waals surface area contributed by atoms with E-state index in [0.717, 1.165) is 24.0 Å². The molecule has 0 spiro atoms. The van der Waals surface area contributed by atoms with Gasteiger partial charge >= 0.3 is 0 Å². The maximum Gasteiger partial charge on any atom is 0.143 e. The molecule has 0 aliphatic carbocycles. The number of halogens is 1. The smallest absolute Gasteiger partial charge is 0.143 e. The Morgan fingerprint density at radius 2 is 2.15 bits per heavy atom. The lowest BCUT2D eigenvalue weighted by molar-refractivity contribution is 0.628. The number of hydrogen-bond donors (Lipinski definition) is 1. The van der Waals surface area contributed by atoms with Crippen LogP contribution in [0, 0.1) is 5.82 Å². The van der Waals surface area contributed by atoms with Crippen molar-refractivity contribution in [2.45, 2.75) is 19.9 Å². The zero-order valence-corrected chi connectivity index (χ0v) is 11.2. The molecule has 0 aliphatic heterocycles. The van der Waals surface area contributed by atoms with E-state index in [1.807, 2.05) is 6.07 Å². The Morgan fingerprint density at radius 3 is 2.95 bits per heavy atom. The monoisotopic (exact) mass is 270 g/mol. The van der Waals surface area contributed by atoms with Crippen molar-refractivity contribution in [1.29, 1.82) is 0 Å². The summed E-state index contributed by atoms with van der Waals surface area (Å²) in [6, 6.07) is 6.26. The van der Waals surface area contributed by atoms with Crippen LogP contribution in [-0.4, -0.2) is 14.5 Å². The Bertz CT molecular complexity index is 764. The van der Waals surface area contributed by atoms with Gasteiger partial charge in [-0.05, 0) is 30.7 Å². The Hall–Kier alpha value is -2.43. The number of rotatable bonds is 3. The van der Waals surface area contributed by atoms with E-state index in [9.17, 15) is 4.39 Å². The molecule has 0 unspecified atom stereocenters. The van der Waals surface area contributed by atoms with Crippen LogP contribution in [0.3, 0.4) is 0 Å². The molecule has 2 N–H and O–H groups in total. The van der Waals surface area contributed by atoms with Crippen molar-refractivity contribution >= 4 is 16.7 Å². The van der Waals surface area contributed by atoms with Gasteiger partial charge in [0, 0.05) is 24.0 Å². The minimum Gasteiger partial charge on any atom is -0.398 e. The highest BCUT2D eigenvalue weighted by molar-refractivity contribution is 5.83. The van der Waals surface area contributed by atoms with Crippen LogP contribution in [0.1, 0.15) is 13.3 Å². The molecule has 2 aromatic heterocycles. The minimum absolute atomic E-state index is 0.317. The second-order valence-electron chi connectivity index (χ2n) is 4.68. The summed E-state index contributed by atoms with van der Waals surface area (Å²) in [6.07, 6.45) is 4.39. The number of nitrogens with two attached hydrogens (primary N) is 1. The first kappa shape index (κ1) is 12.6. The molecular formula is C15H15FN4. The Kier molecular flexibility index (Phi) is 3.10. The van der Waals surface area contributed by atoms with Crippen LogP contribution in [0.4, 0.5) is 10.1 Å². The lowest BCUT2D eigenvalue weighted by Crippen LogP contribution is -2.02. The van der Waals surface area contributed by atoms with Crippen LogP contribution in [0.5, 0.6) is 0 Å². The molecule has 4 nitrogen and oxygen atoms in total. The van der Waals surface area contributed by atoms with E-state index in [2.05, 4.69) is 21.5 Å². The number of hydrogen-bond acceptors (Lipinski definition) is 3. The van der Waals surface area contributed by atoms with Gasteiger partial charge in [-0.25, -0.2) is 9.37 Å². The fraction of sp³-hybridized carbons (Fsp3) is 0.200. The van der Waals surface area contributed by atoms with Gasteiger partial charge in [0.05, 0.1) is 11.7 Å². The lowest BCUT2D eigenvalue weighted by Gasteiger charge is -2.09. The Morgan fingerprint density at radius 1 is 1.30 bits per heavy atom. The normalized spacial score (nSPS) is 11.1. The quantitative estimate of drug-likeness (QED) is 0.743. The Balaban J connectivity index is 2.29. The molecule has 20 heavy (non-hydrogen) atoms. The van der Waals surface area contributed by atoms with E-state index >= 15 is 0 Å². The fourth-order valence-corrected chi connectivity index (χ4v) is 2.36. The van der Waals surface area contributed by atoms with Crippen LogP contribution in [0.15, 0.2) is 36.7 Å². The van der Waals surface area contributed by atoms with E-state index in [0.29, 0.717) is 17.1 Å². The molecule has 5 heteroatoms. The van der Waals surface area contributed by atoms with E-state index < -0.39 is 0 Å². The molecule has 0 radical (unpaired) electrons. The number of aryl methyl sites for hydroxylation is 1. The van der Waals surface area contributed by atoms with Gasteiger partial charge in [0.2, 0.25) is 0 Å². The third-order valence-electron chi connectivity index (χ3n) is 3.25. The minimum atomic E-state index is -0.317. The number of fused-ring (bicyclic) bond motifs is 1. The molecule has 102 valence electrons. The van der Waals surface area contributed by atoms with E-state index in [4.69, 9.17) is 5.73 Å². The molecule has 2 heterocycles. The van der Waals surface area contributed by atoms with Crippen LogP contribution < -0.4 is 5.73 Å². The highest BCUT2D eigenvalue weighted by atomic mass is 19.1. The van der Waals surface area contributed by atoms with Crippen molar-refractivity contribution in [3.05, 3.63) is 42.5 Å². The van der Waals surface area contributed by atoms with Gasteiger partial charge in [0.15, 0.2) is 0 Å². The summed E-state index contributed by atoms with van der Waals surface area (Å²) < 4.78 is 15.6. The third kappa shape index (κ3) is 2.01. The summed E-state index contributed by atoms with van der Waals surface area (Å²) in [7, 11) is 0. The number of nitrogens with zero attached hydrogens (tertiary/aromatic N) is 3. The molecule has 0 bridgehead atoms. The fourth-order valence-electron chi connectivity index (χ4n) is 2.36. The first-order valence-electron chi connectivity index (χ1n) is 6.56. The predicted molar refractivity (Wildman–Crippen MR) is 77.6 cm³/mol. The number of anilines is 1. The molecular weight excluding hydrogens is 255 g/mol. The zero-order chi connectivity index (χ0) is 14.1. The number of aromatic nitrogens is 3. The maximum absolute atomic E-state index is 13.5. The molecule has 0 atom stereocenters. The maximum atomic E-state index is 13.5. The van der Waals surface area contributed by atoms with Gasteiger partial charge in [-0.2, -0.15) is 0 Å². The third-order valence-corrected chi connectivity index (χ3v) is 3.25. The average molecular weight is 270 g/mol. The number of benzene rings is 1. The average Bonchev–Trinajstić information content (AvgIpc) is 2.81. The second-order valence-corrected chi connectivity index (χ2v) is 4.68. The molecule has 0 saturated carbocycles. The van der Waals surface area contributed by atoms with Crippen molar-refractivity contribution < 1.29 is 4.39 Å². The molecule has 0 fully saturated rings. The summed E-state index contributed by atoms with van der Waals surface area (Å²) >= 11 is 0. The first-order valence-corrected chi connectivity index (χ1v) is 6.56. The standard InChI is InChI=1S/C15H15FN4/c1-2-7-20-14-5-6-18-9-13(14)19-15(20)11-8-10(16)3-4-12(11)17/h3-6,8-9H,2,7,17H2,1H3. The second kappa shape index (κ2) is 4.92. The van der Waals surface area contributed by atoms with E-state index in [1.165, 1.54) is 12.1 Å². The summed E-state index contributed by atoms with van der Waals surface area (Å²) in [4.78, 5) is 8.64. The molecule has 3 rings (SSSR count). The first-order chi connectivity index (χ1) is 9.70. The number of pyridine rings is 1. The number of nitrogen functional groups attached to an aromatic ring is 1. The van der Waals surface area contributed by atoms with Crippen molar-refractivity contribution in [2.75, 3.05) is 5.73 Å². The number of imidazole rings is 1. The molecule has 0 saturated heterocycles. The van der Waals surface area contributed by atoms with Gasteiger partial charge in [-0.1, -0.05) is 6.92 Å². The van der Waals surface area contributed by atoms with Gasteiger partial charge in [-0.15, -0.1) is 0 Å². The summed E-state index contributed by atoms with van der Waals surface area (Å²) in [5.41, 5.74) is 8.89. The lowest BCUT2D eigenvalue weighted by atomic mass is 10.1. The highest BCUT2D eigenvalue weighted by Crippen LogP contribution is 2.29. The van der Waals surface area contributed by atoms with E-state index in [1.54, 1.807) is 18.5 Å². The van der Waals surface area contributed by atoms with Crippen molar-refractivity contribution in [1.82, 2.24) is 14.5 Å². The molecule has 3 aromatic rings. The molecule has 1 aromatic carbocycles. The summed E-state index contributed by atoms with van der Waals surface area (Å²) in [5, 5.41) is 0. The van der Waals surface area contributed by atoms with Crippen LogP contribution in [-0.2, 0) is 6.54 Å². The largest absolute Gasteiger partial charge is 0.398 e. The molecule has 0 amide bonds. The SMILES string of the molecule is CCCn1c(-c2cc(F)ccc2N)nc2cnccc21. The molecule has 0 aliphatic rings. The van der Waals surface area contributed by atoms with Crippen LogP contribution in [0.2, 0.25) is 0 Å². The van der Waals surface area contributed by atoms with Gasteiger partial charge in [0.1, 0.15) is 17.2 Å². The van der Waals surface area contributed by atoms with Crippen molar-refractivity contribution in [3.63, 3.8) is 0 Å². The van der Waals surface area contributed by atoms with Gasteiger partial charge in [0.25, 0.3) is 0 Å². The summed E-state index contributed by atoms with van der Waals surface area (Å²) in [5.74, 6) is 0.370. The van der Waals surface area contributed by atoms with Crippen molar-refractivity contribution in [3.8, 4) is 11.4 Å². The van der Waals surface area contributed by atoms with Crippen LogP contribution >= 0.6 is 0 Å². The zero-order valence-electron chi connectivity index (χ0n) is 11.2. The van der Waals surface area contributed by atoms with E-state index in [-0.39, 0.29) is 5.82 Å². The highest BCUT2D eigenvalue weighted by Gasteiger charge is 2.14. The summed E-state index contributed by atoms with van der Waals surface area (Å²) in [6.45, 7) is 2.89. The van der Waals surface area contributed by atoms with Gasteiger partial charge in [-0.3, -0.25) is 4.98 Å². The van der Waals surface area contributed by atoms with Gasteiger partial charge < -0.3 is 10.3 Å². The van der Waals surface area contributed by atoms with Crippen molar-refractivity contribution in [2.24, 2.45) is 0 Å². The van der Waals surface area contributed by atoms with Crippen LogP contribution in [0.25, 0.3) is 22.4 Å².